The number of benzene rings is 1. The Bertz CT molecular complexity index is 777. The van der Waals surface area contributed by atoms with E-state index in [1.165, 1.54) is 12.1 Å². The molecule has 0 spiro atoms. The number of carbonyl (C=O) groups is 2. The van der Waals surface area contributed by atoms with E-state index in [2.05, 4.69) is 15.0 Å². The van der Waals surface area contributed by atoms with E-state index in [4.69, 9.17) is 4.74 Å². The van der Waals surface area contributed by atoms with Crippen LogP contribution in [0.25, 0.3) is 0 Å². The second-order valence-electron chi connectivity index (χ2n) is 8.55. The van der Waals surface area contributed by atoms with Gasteiger partial charge in [-0.05, 0) is 69.8 Å². The number of hydrogen-bond donors (Lipinski definition) is 2. The zero-order valence-electron chi connectivity index (χ0n) is 17.9. The molecule has 1 atom stereocenters. The normalized spacial score (nSPS) is 17.9. The fourth-order valence-electron chi connectivity index (χ4n) is 3.45. The van der Waals surface area contributed by atoms with E-state index in [-0.39, 0.29) is 18.0 Å². The Morgan fingerprint density at radius 2 is 1.94 bits per heavy atom. The average Bonchev–Trinajstić information content (AvgIpc) is 2.60. The molecule has 31 heavy (non-hydrogen) atoms. The van der Waals surface area contributed by atoms with E-state index in [9.17, 15) is 27.9 Å². The number of likely N-dealkylation sites (tertiary alicyclic amines) is 1. The summed E-state index contributed by atoms with van der Waals surface area (Å²) in [7, 11) is 0. The lowest BCUT2D eigenvalue weighted by Gasteiger charge is -2.34. The summed E-state index contributed by atoms with van der Waals surface area (Å²) in [6, 6.07) is 4.33. The van der Waals surface area contributed by atoms with Gasteiger partial charge in [0.25, 0.3) is 0 Å². The van der Waals surface area contributed by atoms with Crippen LogP contribution in [0.15, 0.2) is 18.2 Å². The minimum absolute atomic E-state index is 0.00821. The van der Waals surface area contributed by atoms with Crippen LogP contribution in [-0.2, 0) is 22.4 Å². The summed E-state index contributed by atoms with van der Waals surface area (Å²) in [4.78, 5) is 25.4. The number of ether oxygens (including phenoxy) is 2. The molecule has 10 heteroatoms. The highest BCUT2D eigenvalue weighted by Crippen LogP contribution is 2.21. The average molecular weight is 446 g/mol. The van der Waals surface area contributed by atoms with Crippen LogP contribution in [-0.4, -0.2) is 59.8 Å². The number of hydrogen-bond acceptors (Lipinski definition) is 5. The summed E-state index contributed by atoms with van der Waals surface area (Å²) in [6.07, 6.45) is -3.67. The Morgan fingerprint density at radius 1 is 1.23 bits per heavy atom. The molecule has 0 radical (unpaired) electrons. The number of carbonyl (C=O) groups excluding carboxylic acids is 1. The molecule has 1 amide bonds. The van der Waals surface area contributed by atoms with Crippen molar-refractivity contribution >= 4 is 12.1 Å². The molecule has 1 aromatic carbocycles. The molecule has 0 aliphatic carbocycles. The molecule has 1 aromatic rings. The summed E-state index contributed by atoms with van der Waals surface area (Å²) in [6.45, 7) is 6.49. The van der Waals surface area contributed by atoms with Gasteiger partial charge >= 0.3 is 18.4 Å². The van der Waals surface area contributed by atoms with Gasteiger partial charge in [-0.15, -0.1) is 13.2 Å². The summed E-state index contributed by atoms with van der Waals surface area (Å²) in [5, 5.41) is 12.1. The number of nitrogens with zero attached hydrogens (tertiary/aromatic N) is 1. The first-order valence-corrected chi connectivity index (χ1v) is 10.1. The molecular weight excluding hydrogens is 417 g/mol. The lowest BCUT2D eigenvalue weighted by atomic mass is 9.99. The van der Waals surface area contributed by atoms with Crippen LogP contribution >= 0.6 is 0 Å². The highest BCUT2D eigenvalue weighted by atomic mass is 19.4. The molecule has 174 valence electrons. The third kappa shape index (κ3) is 9.14. The monoisotopic (exact) mass is 446 g/mol. The first kappa shape index (κ1) is 24.9. The molecule has 7 nitrogen and oxygen atoms in total. The highest BCUT2D eigenvalue weighted by Gasteiger charge is 2.29. The molecule has 0 saturated carbocycles. The Kier molecular flexibility index (Phi) is 8.30. The van der Waals surface area contributed by atoms with Crippen molar-refractivity contribution in [2.24, 2.45) is 0 Å². The van der Waals surface area contributed by atoms with Crippen molar-refractivity contribution in [2.75, 3.05) is 19.7 Å². The number of carboxylic acid groups (broad SMARTS) is 1. The first-order valence-electron chi connectivity index (χ1n) is 10.1. The van der Waals surface area contributed by atoms with Crippen molar-refractivity contribution in [2.45, 2.75) is 64.6 Å². The minimum Gasteiger partial charge on any atom is -0.478 e. The van der Waals surface area contributed by atoms with Gasteiger partial charge in [-0.1, -0.05) is 6.07 Å². The SMILES string of the molecule is CC(C)(C)OC(=O)N[C@H]1CCCN(Cc2ccc(C(=O)O)cc2CCOC(F)(F)F)C1. The van der Waals surface area contributed by atoms with Crippen molar-refractivity contribution in [1.29, 1.82) is 0 Å². The molecule has 1 saturated heterocycles. The van der Waals surface area contributed by atoms with Crippen molar-refractivity contribution in [3.8, 4) is 0 Å². The van der Waals surface area contributed by atoms with Gasteiger partial charge in [0.05, 0.1) is 12.2 Å². The molecule has 1 aliphatic rings. The predicted octanol–water partition coefficient (Wildman–Crippen LogP) is 3.95. The minimum atomic E-state index is -4.74. The van der Waals surface area contributed by atoms with Gasteiger partial charge in [-0.2, -0.15) is 0 Å². The van der Waals surface area contributed by atoms with Gasteiger partial charge in [0.15, 0.2) is 0 Å². The van der Waals surface area contributed by atoms with E-state index in [1.54, 1.807) is 26.8 Å². The van der Waals surface area contributed by atoms with E-state index < -0.39 is 30.6 Å². The van der Waals surface area contributed by atoms with Gasteiger partial charge < -0.3 is 15.2 Å². The lowest BCUT2D eigenvalue weighted by molar-refractivity contribution is -0.324. The molecule has 1 aliphatic heterocycles. The van der Waals surface area contributed by atoms with E-state index in [1.807, 2.05) is 0 Å². The largest absolute Gasteiger partial charge is 0.522 e. The maximum atomic E-state index is 12.3. The van der Waals surface area contributed by atoms with Gasteiger partial charge in [-0.25, -0.2) is 9.59 Å². The first-order chi connectivity index (χ1) is 14.3. The number of carboxylic acids is 1. The molecule has 0 aromatic heterocycles. The fourth-order valence-corrected chi connectivity index (χ4v) is 3.45. The van der Waals surface area contributed by atoms with E-state index in [0.29, 0.717) is 18.7 Å². The summed E-state index contributed by atoms with van der Waals surface area (Å²) in [5.41, 5.74) is 0.631. The molecule has 2 rings (SSSR count). The molecule has 1 heterocycles. The summed E-state index contributed by atoms with van der Waals surface area (Å²) >= 11 is 0. The number of amides is 1. The second kappa shape index (κ2) is 10.3. The smallest absolute Gasteiger partial charge is 0.478 e. The van der Waals surface area contributed by atoms with E-state index in [0.717, 1.165) is 24.9 Å². The topological polar surface area (TPSA) is 88.1 Å². The van der Waals surface area contributed by atoms with Crippen LogP contribution in [0.5, 0.6) is 0 Å². The number of alkyl carbamates (subject to hydrolysis) is 1. The number of rotatable bonds is 7. The second-order valence-corrected chi connectivity index (χ2v) is 8.55. The number of aromatic carboxylic acids is 1. The van der Waals surface area contributed by atoms with Gasteiger partial charge in [-0.3, -0.25) is 9.64 Å². The molecule has 1 fully saturated rings. The van der Waals surface area contributed by atoms with Gasteiger partial charge in [0, 0.05) is 19.1 Å². The summed E-state index contributed by atoms with van der Waals surface area (Å²) in [5.74, 6) is -1.15. The molecule has 0 unspecified atom stereocenters. The maximum Gasteiger partial charge on any atom is 0.522 e. The van der Waals surface area contributed by atoms with Crippen LogP contribution in [0.1, 0.15) is 55.1 Å². The fraction of sp³-hybridized carbons (Fsp3) is 0.619. The summed E-state index contributed by atoms with van der Waals surface area (Å²) < 4.78 is 46.1. The molecule has 0 bridgehead atoms. The van der Waals surface area contributed by atoms with Crippen LogP contribution < -0.4 is 5.32 Å². The van der Waals surface area contributed by atoms with Gasteiger partial charge in [0.1, 0.15) is 5.60 Å². The lowest BCUT2D eigenvalue weighted by Crippen LogP contribution is -2.48. The van der Waals surface area contributed by atoms with Crippen LogP contribution in [0.3, 0.4) is 0 Å². The Balaban J connectivity index is 2.04. The van der Waals surface area contributed by atoms with Crippen molar-refractivity contribution < 1.29 is 37.3 Å². The molecule has 2 N–H and O–H groups in total. The maximum absolute atomic E-state index is 12.3. The predicted molar refractivity (Wildman–Crippen MR) is 107 cm³/mol. The highest BCUT2D eigenvalue weighted by molar-refractivity contribution is 5.87. The number of alkyl halides is 3. The Hall–Kier alpha value is -2.33. The van der Waals surface area contributed by atoms with E-state index >= 15 is 0 Å². The third-order valence-electron chi connectivity index (χ3n) is 4.71. The van der Waals surface area contributed by atoms with Crippen molar-refractivity contribution in [3.05, 3.63) is 34.9 Å². The third-order valence-corrected chi connectivity index (χ3v) is 4.71. The zero-order chi connectivity index (χ0) is 23.2. The Morgan fingerprint density at radius 3 is 2.55 bits per heavy atom. The van der Waals surface area contributed by atoms with Crippen LogP contribution in [0.4, 0.5) is 18.0 Å². The zero-order valence-corrected chi connectivity index (χ0v) is 17.9. The number of piperidine rings is 1. The number of halogens is 3. The van der Waals surface area contributed by atoms with Crippen LogP contribution in [0.2, 0.25) is 0 Å². The van der Waals surface area contributed by atoms with Crippen molar-refractivity contribution in [3.63, 3.8) is 0 Å². The van der Waals surface area contributed by atoms with Crippen LogP contribution in [0, 0.1) is 0 Å². The van der Waals surface area contributed by atoms with Gasteiger partial charge in [0.2, 0.25) is 0 Å². The van der Waals surface area contributed by atoms with Crippen molar-refractivity contribution in [1.82, 2.24) is 10.2 Å². The quantitative estimate of drug-likeness (QED) is 0.660. The molecular formula is C21H29F3N2O5. The number of nitrogens with one attached hydrogen (secondary N) is 1. The standard InChI is InChI=1S/C21H29F3N2O5/c1-20(2,3)31-19(29)25-17-5-4-9-26(13-17)12-16-7-6-15(18(27)28)11-14(16)8-10-30-21(22,23)24/h6-7,11,17H,4-5,8-10,12-13H2,1-3H3,(H,25,29)(H,27,28)/t17-/m0/s1. The Labute approximate surface area is 179 Å².